The molecule has 0 radical (unpaired) electrons. The number of hydrogen-bond acceptors (Lipinski definition) is 6. The molecule has 0 saturated heterocycles. The third kappa shape index (κ3) is 6.02. The van der Waals surface area contributed by atoms with Crippen LogP contribution in [0.5, 0.6) is 0 Å². The lowest BCUT2D eigenvalue weighted by atomic mass is 10.2. The minimum absolute atomic E-state index is 0.0584. The van der Waals surface area contributed by atoms with Gasteiger partial charge in [0, 0.05) is 19.3 Å². The molecule has 1 aromatic rings. The van der Waals surface area contributed by atoms with Crippen molar-refractivity contribution in [2.45, 2.75) is 45.1 Å². The molecule has 0 fully saturated rings. The molecule has 21 heavy (non-hydrogen) atoms. The largest absolute Gasteiger partial charge is 0.481 e. The smallest absolute Gasteiger partial charge is 0.326 e. The third-order valence-electron chi connectivity index (χ3n) is 2.56. The summed E-state index contributed by atoms with van der Waals surface area (Å²) < 4.78 is 4.93. The average Bonchev–Trinajstić information content (AvgIpc) is 2.83. The van der Waals surface area contributed by atoms with Gasteiger partial charge in [-0.3, -0.25) is 9.59 Å². The Balaban J connectivity index is 2.44. The Labute approximate surface area is 120 Å². The lowest BCUT2D eigenvalue weighted by Crippen LogP contribution is -2.42. The van der Waals surface area contributed by atoms with Gasteiger partial charge >= 0.3 is 11.9 Å². The Morgan fingerprint density at radius 2 is 2.00 bits per heavy atom. The summed E-state index contributed by atoms with van der Waals surface area (Å²) >= 11 is 0. The Kier molecular flexibility index (Phi) is 6.31. The Hall–Kier alpha value is -2.45. The van der Waals surface area contributed by atoms with Gasteiger partial charge in [0.05, 0.1) is 6.42 Å². The monoisotopic (exact) mass is 299 g/mol. The molecule has 116 valence electrons. The predicted molar refractivity (Wildman–Crippen MR) is 68.4 cm³/mol. The van der Waals surface area contributed by atoms with Crippen molar-refractivity contribution in [2.75, 3.05) is 0 Å². The molecule has 9 heteroatoms. The van der Waals surface area contributed by atoms with Crippen LogP contribution >= 0.6 is 0 Å². The van der Waals surface area contributed by atoms with Crippen LogP contribution in [-0.2, 0) is 27.2 Å². The zero-order valence-corrected chi connectivity index (χ0v) is 11.5. The maximum Gasteiger partial charge on any atom is 0.326 e. The Bertz CT molecular complexity index is 513. The summed E-state index contributed by atoms with van der Waals surface area (Å²) in [5, 5.41) is 23.2. The fourth-order valence-electron chi connectivity index (χ4n) is 1.58. The second-order valence-corrected chi connectivity index (χ2v) is 4.41. The number of carboxylic acids is 2. The molecule has 0 spiro atoms. The molecule has 1 aromatic heterocycles. The van der Waals surface area contributed by atoms with Gasteiger partial charge in [0.15, 0.2) is 5.82 Å². The molecule has 1 amide bonds. The van der Waals surface area contributed by atoms with E-state index in [0.717, 1.165) is 6.42 Å². The number of hydrogen-bond donors (Lipinski definition) is 3. The summed E-state index contributed by atoms with van der Waals surface area (Å²) in [5.74, 6) is -2.43. The second-order valence-electron chi connectivity index (χ2n) is 4.41. The van der Waals surface area contributed by atoms with Gasteiger partial charge in [0.2, 0.25) is 11.8 Å². The van der Waals surface area contributed by atoms with Crippen molar-refractivity contribution < 1.29 is 29.1 Å². The van der Waals surface area contributed by atoms with E-state index >= 15 is 0 Å². The third-order valence-corrected chi connectivity index (χ3v) is 2.56. The molecule has 3 N–H and O–H groups in total. The van der Waals surface area contributed by atoms with Gasteiger partial charge in [-0.15, -0.1) is 0 Å². The molecule has 1 rings (SSSR count). The van der Waals surface area contributed by atoms with Crippen LogP contribution in [0.25, 0.3) is 0 Å². The summed E-state index contributed by atoms with van der Waals surface area (Å²) in [6, 6.07) is -1.45. The zero-order chi connectivity index (χ0) is 15.8. The summed E-state index contributed by atoms with van der Waals surface area (Å²) in [5.41, 5.74) is 0. The van der Waals surface area contributed by atoms with Crippen molar-refractivity contribution in [1.82, 2.24) is 15.5 Å². The number of nitrogens with one attached hydrogen (secondary N) is 1. The number of aromatic nitrogens is 2. The number of amides is 1. The van der Waals surface area contributed by atoms with Crippen molar-refractivity contribution in [3.63, 3.8) is 0 Å². The highest BCUT2D eigenvalue weighted by atomic mass is 16.5. The predicted octanol–water partition coefficient (Wildman–Crippen LogP) is -0.00120. The maximum absolute atomic E-state index is 11.6. The Morgan fingerprint density at radius 3 is 2.57 bits per heavy atom. The van der Waals surface area contributed by atoms with Crippen LogP contribution in [-0.4, -0.2) is 44.2 Å². The lowest BCUT2D eigenvalue weighted by molar-refractivity contribution is -0.147. The van der Waals surface area contributed by atoms with Crippen molar-refractivity contribution in [3.8, 4) is 0 Å². The van der Waals surface area contributed by atoms with Crippen LogP contribution in [0.1, 0.15) is 37.9 Å². The first-order valence-corrected chi connectivity index (χ1v) is 6.47. The van der Waals surface area contributed by atoms with Gasteiger partial charge in [-0.1, -0.05) is 12.1 Å². The SMILES string of the molecule is CCCc1noc(CCC(=O)N[C@@H](CC(=O)O)C(=O)O)n1. The van der Waals surface area contributed by atoms with E-state index < -0.39 is 30.3 Å². The molecule has 1 atom stereocenters. The minimum Gasteiger partial charge on any atom is -0.481 e. The van der Waals surface area contributed by atoms with Crippen LogP contribution in [0.4, 0.5) is 0 Å². The standard InChI is InChI=1S/C12H17N3O6/c1-2-3-8-14-10(21-15-8)5-4-9(16)13-7(12(19)20)6-11(17)18/h7H,2-6H2,1H3,(H,13,16)(H,17,18)(H,19,20)/t7-/m0/s1. The van der Waals surface area contributed by atoms with Crippen molar-refractivity contribution in [2.24, 2.45) is 0 Å². The number of carbonyl (C=O) groups is 3. The highest BCUT2D eigenvalue weighted by Gasteiger charge is 2.23. The highest BCUT2D eigenvalue weighted by Crippen LogP contribution is 2.03. The topological polar surface area (TPSA) is 143 Å². The van der Waals surface area contributed by atoms with Gasteiger partial charge in [-0.25, -0.2) is 4.79 Å². The number of aliphatic carboxylic acids is 2. The summed E-state index contributed by atoms with van der Waals surface area (Å²) in [6.07, 6.45) is 0.978. The zero-order valence-electron chi connectivity index (χ0n) is 11.5. The number of nitrogens with zero attached hydrogens (tertiary/aromatic N) is 2. The molecular weight excluding hydrogens is 282 g/mol. The Morgan fingerprint density at radius 1 is 1.29 bits per heavy atom. The summed E-state index contributed by atoms with van der Waals surface area (Å²) in [6.45, 7) is 1.97. The molecule has 0 aromatic carbocycles. The first-order chi connectivity index (χ1) is 9.92. The molecule has 0 aliphatic heterocycles. The van der Waals surface area contributed by atoms with E-state index in [0.29, 0.717) is 18.1 Å². The quantitative estimate of drug-likeness (QED) is 0.578. The number of carboxylic acid groups (broad SMARTS) is 2. The molecule has 0 saturated carbocycles. The van der Waals surface area contributed by atoms with E-state index in [9.17, 15) is 14.4 Å². The van der Waals surface area contributed by atoms with Crippen LogP contribution in [0.3, 0.4) is 0 Å². The fraction of sp³-hybridized carbons (Fsp3) is 0.583. The van der Waals surface area contributed by atoms with Crippen molar-refractivity contribution >= 4 is 17.8 Å². The van der Waals surface area contributed by atoms with E-state index in [-0.39, 0.29) is 12.8 Å². The normalized spacial score (nSPS) is 11.9. The molecule has 0 aliphatic rings. The van der Waals surface area contributed by atoms with Gasteiger partial charge in [-0.05, 0) is 6.42 Å². The average molecular weight is 299 g/mol. The van der Waals surface area contributed by atoms with Gasteiger partial charge in [0.25, 0.3) is 0 Å². The molecule has 1 heterocycles. The van der Waals surface area contributed by atoms with E-state index in [1.807, 2.05) is 6.92 Å². The summed E-state index contributed by atoms with van der Waals surface area (Å²) in [4.78, 5) is 36.9. The van der Waals surface area contributed by atoms with Crippen LogP contribution in [0.15, 0.2) is 4.52 Å². The van der Waals surface area contributed by atoms with E-state index in [4.69, 9.17) is 14.7 Å². The first-order valence-electron chi connectivity index (χ1n) is 6.47. The van der Waals surface area contributed by atoms with Crippen LogP contribution < -0.4 is 5.32 Å². The lowest BCUT2D eigenvalue weighted by Gasteiger charge is -2.11. The van der Waals surface area contributed by atoms with Gasteiger partial charge < -0.3 is 20.1 Å². The molecular formula is C12H17N3O6. The summed E-state index contributed by atoms with van der Waals surface area (Å²) in [7, 11) is 0. The van der Waals surface area contributed by atoms with E-state index in [1.165, 1.54) is 0 Å². The fourth-order valence-corrected chi connectivity index (χ4v) is 1.58. The van der Waals surface area contributed by atoms with Crippen LogP contribution in [0.2, 0.25) is 0 Å². The second kappa shape index (κ2) is 7.98. The maximum atomic E-state index is 11.6. The molecule has 9 nitrogen and oxygen atoms in total. The number of carbonyl (C=O) groups excluding carboxylic acids is 1. The van der Waals surface area contributed by atoms with Gasteiger partial charge in [0.1, 0.15) is 6.04 Å². The van der Waals surface area contributed by atoms with Crippen LogP contribution in [0, 0.1) is 0 Å². The minimum atomic E-state index is -1.45. The number of aryl methyl sites for hydroxylation is 2. The molecule has 0 bridgehead atoms. The van der Waals surface area contributed by atoms with Gasteiger partial charge in [-0.2, -0.15) is 4.98 Å². The first kappa shape index (κ1) is 16.6. The molecule has 0 unspecified atom stereocenters. The van der Waals surface area contributed by atoms with E-state index in [2.05, 4.69) is 15.5 Å². The highest BCUT2D eigenvalue weighted by molar-refractivity contribution is 5.86. The molecule has 0 aliphatic carbocycles. The van der Waals surface area contributed by atoms with Crippen molar-refractivity contribution in [1.29, 1.82) is 0 Å². The van der Waals surface area contributed by atoms with E-state index in [1.54, 1.807) is 0 Å². The van der Waals surface area contributed by atoms with Crippen molar-refractivity contribution in [3.05, 3.63) is 11.7 Å². The number of rotatable bonds is 9.